The van der Waals surface area contributed by atoms with Crippen LogP contribution in [-0.4, -0.2) is 19.9 Å². The van der Waals surface area contributed by atoms with Crippen LogP contribution < -0.4 is 0 Å². The average molecular weight is 687 g/mol. The Kier molecular flexibility index (Phi) is 6.82. The highest BCUT2D eigenvalue weighted by Crippen LogP contribution is 2.37. The summed E-state index contributed by atoms with van der Waals surface area (Å²) in [7, 11) is 0. The van der Waals surface area contributed by atoms with E-state index < -0.39 is 0 Å². The fraction of sp³-hybridized carbons (Fsp3) is 0. The van der Waals surface area contributed by atoms with Gasteiger partial charge in [0.25, 0.3) is 0 Å². The molecule has 0 N–H and O–H groups in total. The molecule has 0 saturated heterocycles. The zero-order valence-electron chi connectivity index (χ0n) is 29.1. The molecule has 4 heterocycles. The minimum Gasteiger partial charge on any atom is -0.254 e. The van der Waals surface area contributed by atoms with E-state index in [1.54, 1.807) is 0 Å². The third-order valence-corrected chi connectivity index (χ3v) is 10.7. The van der Waals surface area contributed by atoms with E-state index in [0.29, 0.717) is 0 Å². The molecule has 11 aromatic rings. The van der Waals surface area contributed by atoms with E-state index in [-0.39, 0.29) is 0 Å². The third-order valence-electron chi connectivity index (χ3n) is 10.7. The lowest BCUT2D eigenvalue weighted by molar-refractivity contribution is 1.37. The summed E-state index contributed by atoms with van der Waals surface area (Å²) in [5, 5.41) is 9.39. The van der Waals surface area contributed by atoms with Gasteiger partial charge in [0.05, 0.1) is 33.5 Å². The van der Waals surface area contributed by atoms with Gasteiger partial charge in [-0.3, -0.25) is 9.97 Å². The molecule has 0 aliphatic carbocycles. The van der Waals surface area contributed by atoms with Crippen LogP contribution in [0, 0.1) is 0 Å². The molecule has 0 atom stereocenters. The largest absolute Gasteiger partial charge is 0.254 e. The predicted molar refractivity (Wildman–Crippen MR) is 224 cm³/mol. The Morgan fingerprint density at radius 3 is 1.61 bits per heavy atom. The van der Waals surface area contributed by atoms with Crippen molar-refractivity contribution in [3.05, 3.63) is 182 Å². The zero-order chi connectivity index (χ0) is 35.6. The van der Waals surface area contributed by atoms with E-state index in [2.05, 4.69) is 163 Å². The van der Waals surface area contributed by atoms with E-state index in [0.717, 1.165) is 82.8 Å². The summed E-state index contributed by atoms with van der Waals surface area (Å²) in [5.74, 6) is 0. The van der Waals surface area contributed by atoms with E-state index >= 15 is 0 Å². The third kappa shape index (κ3) is 5.00. The van der Waals surface area contributed by atoms with Crippen LogP contribution in [-0.2, 0) is 0 Å². The summed E-state index contributed by atoms with van der Waals surface area (Å²) in [4.78, 5) is 19.7. The van der Waals surface area contributed by atoms with Gasteiger partial charge in [-0.15, -0.1) is 0 Å². The van der Waals surface area contributed by atoms with Crippen LogP contribution >= 0.6 is 0 Å². The quantitative estimate of drug-likeness (QED) is 0.173. The SMILES string of the molecule is c1ccc2c(c1)cc(-c1ccc3ccc(-c4ccc5ccc(-c6ccc(-c7cc8cccnc8c8ncccc78)cc6)nc5c4)nc3c1)c1ccccc12. The number of rotatable bonds is 4. The maximum atomic E-state index is 5.20. The van der Waals surface area contributed by atoms with Gasteiger partial charge in [0, 0.05) is 45.1 Å². The smallest absolute Gasteiger partial charge is 0.0970 e. The predicted octanol–water partition coefficient (Wildman–Crippen LogP) is 12.9. The number of fused-ring (bicyclic) bond motifs is 8. The van der Waals surface area contributed by atoms with Crippen molar-refractivity contribution in [3.8, 4) is 44.8 Å². The molecule has 0 amide bonds. The Labute approximate surface area is 311 Å². The Hall–Kier alpha value is -7.30. The highest BCUT2D eigenvalue weighted by atomic mass is 14.7. The first kappa shape index (κ1) is 30.3. The molecular formula is C50H30N4. The summed E-state index contributed by atoms with van der Waals surface area (Å²) in [6, 6.07) is 60.3. The molecule has 4 heteroatoms. The average Bonchev–Trinajstić information content (AvgIpc) is 3.25. The fourth-order valence-electron chi connectivity index (χ4n) is 8.01. The summed E-state index contributed by atoms with van der Waals surface area (Å²) in [6.45, 7) is 0. The van der Waals surface area contributed by atoms with E-state index in [4.69, 9.17) is 15.0 Å². The Morgan fingerprint density at radius 2 is 0.815 bits per heavy atom. The van der Waals surface area contributed by atoms with Crippen LogP contribution in [0.4, 0.5) is 0 Å². The van der Waals surface area contributed by atoms with Crippen molar-refractivity contribution in [1.29, 1.82) is 0 Å². The minimum atomic E-state index is 0.918. The Morgan fingerprint density at radius 1 is 0.296 bits per heavy atom. The van der Waals surface area contributed by atoms with Gasteiger partial charge in [-0.2, -0.15) is 0 Å². The molecule has 54 heavy (non-hydrogen) atoms. The zero-order valence-corrected chi connectivity index (χ0v) is 29.1. The molecule has 250 valence electrons. The Bertz CT molecular complexity index is 3280. The molecule has 0 aliphatic rings. The van der Waals surface area contributed by atoms with Gasteiger partial charge < -0.3 is 0 Å². The standard InChI is InChI=1S/C50H30N4/c1-2-9-39-35(7-1)27-44(41-11-4-3-10-40(39)41)36-19-17-33-22-24-46(54-47(33)29-36)37-20-18-34-21-23-45(53-48(34)30-37)32-15-13-31(14-16-32)43-28-38-8-5-25-51-49(38)50-42(43)12-6-26-52-50/h1-30H. The van der Waals surface area contributed by atoms with Crippen molar-refractivity contribution in [2.45, 2.75) is 0 Å². The maximum absolute atomic E-state index is 5.20. The second-order valence-electron chi connectivity index (χ2n) is 13.9. The monoisotopic (exact) mass is 686 g/mol. The summed E-state index contributed by atoms with van der Waals surface area (Å²) in [6.07, 6.45) is 3.66. The van der Waals surface area contributed by atoms with Gasteiger partial charge in [-0.05, 0) is 92.3 Å². The lowest BCUT2D eigenvalue weighted by Gasteiger charge is -2.12. The topological polar surface area (TPSA) is 51.6 Å². The molecule has 7 aromatic carbocycles. The van der Waals surface area contributed by atoms with Crippen molar-refractivity contribution in [3.63, 3.8) is 0 Å². The van der Waals surface area contributed by atoms with Crippen molar-refractivity contribution in [2.24, 2.45) is 0 Å². The molecule has 0 saturated carbocycles. The van der Waals surface area contributed by atoms with Crippen LogP contribution in [0.3, 0.4) is 0 Å². The lowest BCUT2D eigenvalue weighted by atomic mass is 9.93. The maximum Gasteiger partial charge on any atom is 0.0970 e. The van der Waals surface area contributed by atoms with Crippen LogP contribution in [0.2, 0.25) is 0 Å². The van der Waals surface area contributed by atoms with Gasteiger partial charge >= 0.3 is 0 Å². The van der Waals surface area contributed by atoms with Crippen LogP contribution in [0.1, 0.15) is 0 Å². The number of benzene rings is 7. The highest BCUT2D eigenvalue weighted by Gasteiger charge is 2.13. The summed E-state index contributed by atoms with van der Waals surface area (Å²) >= 11 is 0. The second kappa shape index (κ2) is 12.1. The molecule has 4 aromatic heterocycles. The minimum absolute atomic E-state index is 0.918. The molecule has 0 radical (unpaired) electrons. The van der Waals surface area contributed by atoms with E-state index in [1.807, 2.05) is 24.5 Å². The van der Waals surface area contributed by atoms with Gasteiger partial charge in [-0.25, -0.2) is 9.97 Å². The lowest BCUT2D eigenvalue weighted by Crippen LogP contribution is -1.90. The molecule has 0 aliphatic heterocycles. The van der Waals surface area contributed by atoms with Crippen molar-refractivity contribution >= 4 is 65.2 Å². The van der Waals surface area contributed by atoms with Crippen LogP contribution in [0.15, 0.2) is 182 Å². The number of hydrogen-bond donors (Lipinski definition) is 0. The second-order valence-corrected chi connectivity index (χ2v) is 13.9. The van der Waals surface area contributed by atoms with Crippen LogP contribution in [0.25, 0.3) is 110 Å². The molecule has 11 rings (SSSR count). The fourth-order valence-corrected chi connectivity index (χ4v) is 8.01. The van der Waals surface area contributed by atoms with E-state index in [9.17, 15) is 0 Å². The van der Waals surface area contributed by atoms with Gasteiger partial charge in [0.1, 0.15) is 0 Å². The van der Waals surface area contributed by atoms with Gasteiger partial charge in [-0.1, -0.05) is 121 Å². The highest BCUT2D eigenvalue weighted by molar-refractivity contribution is 6.14. The van der Waals surface area contributed by atoms with Gasteiger partial charge in [0.2, 0.25) is 0 Å². The number of aromatic nitrogens is 4. The summed E-state index contributed by atoms with van der Waals surface area (Å²) in [5.41, 5.74) is 12.3. The van der Waals surface area contributed by atoms with Crippen molar-refractivity contribution in [2.75, 3.05) is 0 Å². The molecule has 0 spiro atoms. The molecule has 0 unspecified atom stereocenters. The van der Waals surface area contributed by atoms with E-state index in [1.165, 1.54) is 27.1 Å². The number of pyridine rings is 4. The first-order valence-electron chi connectivity index (χ1n) is 18.2. The molecule has 0 bridgehead atoms. The summed E-state index contributed by atoms with van der Waals surface area (Å²) < 4.78 is 0. The normalized spacial score (nSPS) is 11.7. The van der Waals surface area contributed by atoms with Crippen molar-refractivity contribution in [1.82, 2.24) is 19.9 Å². The Balaban J connectivity index is 0.948. The first-order chi connectivity index (χ1) is 26.7. The molecular weight excluding hydrogens is 657 g/mol. The number of hydrogen-bond acceptors (Lipinski definition) is 4. The molecule has 4 nitrogen and oxygen atoms in total. The first-order valence-corrected chi connectivity index (χ1v) is 18.2. The molecule has 0 fully saturated rings. The van der Waals surface area contributed by atoms with Crippen molar-refractivity contribution < 1.29 is 0 Å². The number of nitrogens with zero attached hydrogens (tertiary/aromatic N) is 4. The van der Waals surface area contributed by atoms with Crippen LogP contribution in [0.5, 0.6) is 0 Å². The van der Waals surface area contributed by atoms with Gasteiger partial charge in [0.15, 0.2) is 0 Å².